The lowest BCUT2D eigenvalue weighted by molar-refractivity contribution is 0.188. The predicted octanol–water partition coefficient (Wildman–Crippen LogP) is 2.96. The van der Waals surface area contributed by atoms with Gasteiger partial charge in [0.15, 0.2) is 5.96 Å². The van der Waals surface area contributed by atoms with E-state index in [1.54, 1.807) is 18.4 Å². The Labute approximate surface area is 153 Å². The number of rotatable bonds is 5. The zero-order valence-corrected chi connectivity index (χ0v) is 15.6. The van der Waals surface area contributed by atoms with Crippen LogP contribution in [-0.4, -0.2) is 48.8 Å². The first-order valence-corrected chi connectivity index (χ1v) is 9.50. The van der Waals surface area contributed by atoms with Crippen molar-refractivity contribution in [1.82, 2.24) is 10.2 Å². The van der Waals surface area contributed by atoms with Crippen molar-refractivity contribution in [2.24, 2.45) is 4.99 Å². The van der Waals surface area contributed by atoms with Crippen LogP contribution in [0.4, 0.5) is 0 Å². The Hall–Kier alpha value is -2.05. The molecule has 1 aliphatic rings. The Balaban J connectivity index is 1.68. The summed E-state index contributed by atoms with van der Waals surface area (Å²) in [6.45, 7) is 5.06. The highest BCUT2D eigenvalue weighted by atomic mass is 32.1. The van der Waals surface area contributed by atoms with Crippen molar-refractivity contribution < 1.29 is 9.84 Å². The molecule has 0 radical (unpaired) electrons. The van der Waals surface area contributed by atoms with Crippen LogP contribution in [0.3, 0.4) is 0 Å². The molecule has 0 amide bonds. The lowest BCUT2D eigenvalue weighted by atomic mass is 10.1. The lowest BCUT2D eigenvalue weighted by Gasteiger charge is -2.20. The molecule has 25 heavy (non-hydrogen) atoms. The Bertz CT molecular complexity index is 712. The summed E-state index contributed by atoms with van der Waals surface area (Å²) in [5.74, 6) is 1.75. The molecule has 0 unspecified atom stereocenters. The third-order valence-corrected chi connectivity index (χ3v) is 5.18. The van der Waals surface area contributed by atoms with E-state index in [4.69, 9.17) is 9.73 Å². The second-order valence-corrected chi connectivity index (χ2v) is 7.08. The highest BCUT2D eigenvalue weighted by Crippen LogP contribution is 2.27. The van der Waals surface area contributed by atoms with Gasteiger partial charge in [-0.3, -0.25) is 0 Å². The van der Waals surface area contributed by atoms with Gasteiger partial charge in [-0.2, -0.15) is 0 Å². The number of likely N-dealkylation sites (tertiary alicyclic amines) is 1. The minimum atomic E-state index is -0.243. The first kappa shape index (κ1) is 17.8. The van der Waals surface area contributed by atoms with Crippen LogP contribution in [0.25, 0.3) is 11.1 Å². The number of aliphatic hydroxyl groups excluding tert-OH is 1. The maximum absolute atomic E-state index is 9.74. The highest BCUT2D eigenvalue weighted by Gasteiger charge is 2.22. The topological polar surface area (TPSA) is 57.1 Å². The molecule has 2 N–H and O–H groups in total. The normalized spacial score (nSPS) is 17.8. The summed E-state index contributed by atoms with van der Waals surface area (Å²) in [5.41, 5.74) is 2.39. The number of nitrogens with one attached hydrogen (secondary N) is 1. The summed E-state index contributed by atoms with van der Waals surface area (Å²) in [5, 5.41) is 15.2. The summed E-state index contributed by atoms with van der Waals surface area (Å²) in [7, 11) is 1.68. The highest BCUT2D eigenvalue weighted by molar-refractivity contribution is 7.10. The van der Waals surface area contributed by atoms with Crippen molar-refractivity contribution in [1.29, 1.82) is 0 Å². The smallest absolute Gasteiger partial charge is 0.194 e. The molecule has 1 aromatic carbocycles. The zero-order chi connectivity index (χ0) is 17.6. The number of ether oxygens (including phenoxy) is 1. The molecule has 3 rings (SSSR count). The van der Waals surface area contributed by atoms with Crippen molar-refractivity contribution in [2.45, 2.75) is 26.0 Å². The fraction of sp³-hybridized carbons (Fsp3) is 0.421. The first-order valence-electron chi connectivity index (χ1n) is 8.62. The van der Waals surface area contributed by atoms with Gasteiger partial charge >= 0.3 is 0 Å². The summed E-state index contributed by atoms with van der Waals surface area (Å²) in [6.07, 6.45) is 0.567. The second-order valence-electron chi connectivity index (χ2n) is 6.09. The van der Waals surface area contributed by atoms with Crippen molar-refractivity contribution in [2.75, 3.05) is 26.7 Å². The molecule has 0 bridgehead atoms. The number of hydrogen-bond donors (Lipinski definition) is 2. The summed E-state index contributed by atoms with van der Waals surface area (Å²) >= 11 is 1.72. The molecule has 1 saturated heterocycles. The molecule has 2 heterocycles. The van der Waals surface area contributed by atoms with Gasteiger partial charge < -0.3 is 20.1 Å². The minimum Gasteiger partial charge on any atom is -0.497 e. The summed E-state index contributed by atoms with van der Waals surface area (Å²) in [6, 6.07) is 10.3. The average Bonchev–Trinajstić information content (AvgIpc) is 3.28. The van der Waals surface area contributed by atoms with Crippen LogP contribution in [0.5, 0.6) is 5.75 Å². The predicted molar refractivity (Wildman–Crippen MR) is 103 cm³/mol. The number of aliphatic hydroxyl groups is 1. The van der Waals surface area contributed by atoms with E-state index in [0.717, 1.165) is 31.2 Å². The van der Waals surface area contributed by atoms with Gasteiger partial charge in [-0.25, -0.2) is 4.99 Å². The molecular formula is C19H25N3O2S. The van der Waals surface area contributed by atoms with Gasteiger partial charge in [0.1, 0.15) is 5.75 Å². The fourth-order valence-electron chi connectivity index (χ4n) is 2.91. The van der Waals surface area contributed by atoms with Gasteiger partial charge in [0.05, 0.1) is 19.8 Å². The summed E-state index contributed by atoms with van der Waals surface area (Å²) < 4.78 is 5.21. The van der Waals surface area contributed by atoms with Gasteiger partial charge in [0.2, 0.25) is 0 Å². The molecule has 134 valence electrons. The molecule has 1 atom stereocenters. The summed E-state index contributed by atoms with van der Waals surface area (Å²) in [4.78, 5) is 8.10. The molecule has 1 aromatic heterocycles. The number of nitrogens with zero attached hydrogens (tertiary/aromatic N) is 2. The Kier molecular flexibility index (Phi) is 5.94. The maximum Gasteiger partial charge on any atom is 0.194 e. The molecule has 0 aliphatic carbocycles. The first-order chi connectivity index (χ1) is 12.2. The number of guanidine groups is 1. The minimum absolute atomic E-state index is 0.243. The SMILES string of the molecule is CCNC(=NCc1cc(-c2ccc(OC)cc2)cs1)N1CC[C@@H](O)C1. The third-order valence-electron chi connectivity index (χ3n) is 4.26. The van der Waals surface area contributed by atoms with E-state index in [1.165, 1.54) is 16.0 Å². The maximum atomic E-state index is 9.74. The van der Waals surface area contributed by atoms with Crippen LogP contribution < -0.4 is 10.1 Å². The van der Waals surface area contributed by atoms with Gasteiger partial charge in [-0.05, 0) is 48.1 Å². The van der Waals surface area contributed by atoms with E-state index in [-0.39, 0.29) is 6.10 Å². The van der Waals surface area contributed by atoms with Crippen LogP contribution in [0, 0.1) is 0 Å². The number of methoxy groups -OCH3 is 1. The van der Waals surface area contributed by atoms with Crippen LogP contribution in [0.1, 0.15) is 18.2 Å². The van der Waals surface area contributed by atoms with Crippen molar-refractivity contribution >= 4 is 17.3 Å². The monoisotopic (exact) mass is 359 g/mol. The number of benzene rings is 1. The van der Waals surface area contributed by atoms with Crippen molar-refractivity contribution in [3.8, 4) is 16.9 Å². The number of aliphatic imine (C=N–C) groups is 1. The van der Waals surface area contributed by atoms with Crippen LogP contribution >= 0.6 is 11.3 Å². The van der Waals surface area contributed by atoms with E-state index in [0.29, 0.717) is 13.1 Å². The molecule has 5 nitrogen and oxygen atoms in total. The molecule has 0 spiro atoms. The van der Waals surface area contributed by atoms with E-state index < -0.39 is 0 Å². The quantitative estimate of drug-likeness (QED) is 0.637. The Morgan fingerprint density at radius 3 is 2.80 bits per heavy atom. The average molecular weight is 359 g/mol. The van der Waals surface area contributed by atoms with Crippen molar-refractivity contribution in [3.05, 3.63) is 40.6 Å². The number of hydrogen-bond acceptors (Lipinski definition) is 4. The van der Waals surface area contributed by atoms with Crippen LogP contribution in [0.15, 0.2) is 40.7 Å². The third kappa shape index (κ3) is 4.52. The fourth-order valence-corrected chi connectivity index (χ4v) is 3.73. The van der Waals surface area contributed by atoms with Crippen molar-refractivity contribution in [3.63, 3.8) is 0 Å². The zero-order valence-electron chi connectivity index (χ0n) is 14.7. The van der Waals surface area contributed by atoms with Crippen LogP contribution in [0.2, 0.25) is 0 Å². The van der Waals surface area contributed by atoms with E-state index >= 15 is 0 Å². The molecular weight excluding hydrogens is 334 g/mol. The second kappa shape index (κ2) is 8.36. The van der Waals surface area contributed by atoms with Gasteiger partial charge in [0, 0.05) is 24.5 Å². The molecule has 1 fully saturated rings. The van der Waals surface area contributed by atoms with Crippen LogP contribution in [-0.2, 0) is 6.54 Å². The Morgan fingerprint density at radius 2 is 2.16 bits per heavy atom. The molecule has 0 saturated carbocycles. The van der Waals surface area contributed by atoms with Gasteiger partial charge in [-0.1, -0.05) is 12.1 Å². The Morgan fingerprint density at radius 1 is 1.36 bits per heavy atom. The lowest BCUT2D eigenvalue weighted by Crippen LogP contribution is -2.40. The molecule has 1 aliphatic heterocycles. The standard InChI is InChI=1S/C19H25N3O2S/c1-3-20-19(22-9-8-16(23)12-22)21-11-18-10-15(13-25-18)14-4-6-17(24-2)7-5-14/h4-7,10,13,16,23H,3,8-9,11-12H2,1-2H3,(H,20,21)/t16-/m1/s1. The number of β-amino-alcohol motifs (C(OH)–C–C–N with tert-alkyl or cyclic N) is 1. The van der Waals surface area contributed by atoms with E-state index in [2.05, 4.69) is 40.7 Å². The molecule has 2 aromatic rings. The van der Waals surface area contributed by atoms with E-state index in [9.17, 15) is 5.11 Å². The van der Waals surface area contributed by atoms with Gasteiger partial charge in [0.25, 0.3) is 0 Å². The largest absolute Gasteiger partial charge is 0.497 e. The van der Waals surface area contributed by atoms with Gasteiger partial charge in [-0.15, -0.1) is 11.3 Å². The van der Waals surface area contributed by atoms with E-state index in [1.807, 2.05) is 12.1 Å². The molecule has 6 heteroatoms. The number of thiophene rings is 1.